The molecule has 0 amide bonds. The van der Waals surface area contributed by atoms with Gasteiger partial charge in [-0.3, -0.25) is 0 Å². The van der Waals surface area contributed by atoms with Crippen molar-refractivity contribution in [1.82, 2.24) is 10.2 Å². The van der Waals surface area contributed by atoms with Crippen LogP contribution in [0.3, 0.4) is 0 Å². The zero-order chi connectivity index (χ0) is 15.1. The summed E-state index contributed by atoms with van der Waals surface area (Å²) < 4.78 is 14.1. The molecule has 0 bridgehead atoms. The minimum Gasteiger partial charge on any atom is -0.409 e. The first kappa shape index (κ1) is 16.4. The molecule has 4 N–H and O–H groups in total. The normalized spacial score (nSPS) is 12.4. The standard InChI is InChI=1S/C14H23FN4O/c1-10(2)19(3)8-7-17-9-11-5-4-6-12(13(11)15)14(16)18-20/h4-6,10,17,20H,7-9H2,1-3H3,(H2,16,18). The van der Waals surface area contributed by atoms with Gasteiger partial charge in [0.25, 0.3) is 0 Å². The SMILES string of the molecule is CC(C)N(C)CCNCc1cccc(/C(N)=N/O)c1F. The Bertz CT molecular complexity index is 462. The van der Waals surface area contributed by atoms with Crippen LogP contribution in [0.1, 0.15) is 25.0 Å². The molecule has 5 nitrogen and oxygen atoms in total. The average Bonchev–Trinajstić information content (AvgIpc) is 2.43. The number of halogens is 1. The van der Waals surface area contributed by atoms with Crippen molar-refractivity contribution in [2.45, 2.75) is 26.4 Å². The van der Waals surface area contributed by atoms with Crippen LogP contribution in [0.25, 0.3) is 0 Å². The molecule has 0 fully saturated rings. The van der Waals surface area contributed by atoms with E-state index in [1.54, 1.807) is 12.1 Å². The van der Waals surface area contributed by atoms with Gasteiger partial charge in [-0.25, -0.2) is 4.39 Å². The summed E-state index contributed by atoms with van der Waals surface area (Å²) in [6.07, 6.45) is 0. The Morgan fingerprint density at radius 1 is 1.50 bits per heavy atom. The topological polar surface area (TPSA) is 73.9 Å². The fourth-order valence-corrected chi connectivity index (χ4v) is 1.70. The van der Waals surface area contributed by atoms with Crippen LogP contribution in [0.4, 0.5) is 4.39 Å². The largest absolute Gasteiger partial charge is 0.409 e. The summed E-state index contributed by atoms with van der Waals surface area (Å²) in [5, 5.41) is 14.6. The molecule has 112 valence electrons. The maximum Gasteiger partial charge on any atom is 0.173 e. The Balaban J connectivity index is 2.57. The highest BCUT2D eigenvalue weighted by Gasteiger charge is 2.11. The van der Waals surface area contributed by atoms with Crippen LogP contribution in [0.5, 0.6) is 0 Å². The van der Waals surface area contributed by atoms with E-state index >= 15 is 0 Å². The number of hydrogen-bond acceptors (Lipinski definition) is 4. The second-order valence-corrected chi connectivity index (χ2v) is 5.02. The van der Waals surface area contributed by atoms with Crippen LogP contribution < -0.4 is 11.1 Å². The summed E-state index contributed by atoms with van der Waals surface area (Å²) in [5.41, 5.74) is 6.04. The maximum absolute atomic E-state index is 14.1. The number of likely N-dealkylation sites (N-methyl/N-ethyl adjacent to an activating group) is 1. The third-order valence-corrected chi connectivity index (χ3v) is 3.30. The molecular weight excluding hydrogens is 259 g/mol. The Hall–Kier alpha value is -1.66. The van der Waals surface area contributed by atoms with Gasteiger partial charge in [0.05, 0.1) is 5.56 Å². The molecule has 20 heavy (non-hydrogen) atoms. The second kappa shape index (κ2) is 7.81. The minimum atomic E-state index is -0.451. The average molecular weight is 282 g/mol. The lowest BCUT2D eigenvalue weighted by Crippen LogP contribution is -2.33. The van der Waals surface area contributed by atoms with E-state index in [9.17, 15) is 4.39 Å². The number of amidine groups is 1. The molecule has 0 spiro atoms. The smallest absolute Gasteiger partial charge is 0.173 e. The van der Waals surface area contributed by atoms with Crippen LogP contribution in [-0.2, 0) is 6.54 Å². The van der Waals surface area contributed by atoms with Gasteiger partial charge in [-0.05, 0) is 27.0 Å². The zero-order valence-electron chi connectivity index (χ0n) is 12.2. The summed E-state index contributed by atoms with van der Waals surface area (Å²) in [6.45, 7) is 6.31. The molecule has 6 heteroatoms. The Kier molecular flexibility index (Phi) is 6.41. The fraction of sp³-hybridized carbons (Fsp3) is 0.500. The van der Waals surface area contributed by atoms with Gasteiger partial charge in [-0.2, -0.15) is 0 Å². The van der Waals surface area contributed by atoms with Crippen molar-refractivity contribution in [2.75, 3.05) is 20.1 Å². The van der Waals surface area contributed by atoms with E-state index < -0.39 is 5.82 Å². The lowest BCUT2D eigenvalue weighted by Gasteiger charge is -2.21. The maximum atomic E-state index is 14.1. The predicted octanol–water partition coefficient (Wildman–Crippen LogP) is 1.35. The molecule has 0 saturated heterocycles. The van der Waals surface area contributed by atoms with Crippen molar-refractivity contribution in [3.8, 4) is 0 Å². The van der Waals surface area contributed by atoms with Crippen LogP contribution in [0.15, 0.2) is 23.4 Å². The van der Waals surface area contributed by atoms with E-state index in [-0.39, 0.29) is 11.4 Å². The van der Waals surface area contributed by atoms with E-state index in [1.807, 2.05) is 7.05 Å². The number of nitrogens with zero attached hydrogens (tertiary/aromatic N) is 2. The summed E-state index contributed by atoms with van der Waals surface area (Å²) in [5.74, 6) is -0.670. The van der Waals surface area contributed by atoms with Gasteiger partial charge in [0.15, 0.2) is 5.84 Å². The molecule has 0 radical (unpaired) electrons. The Morgan fingerprint density at radius 3 is 2.80 bits per heavy atom. The van der Waals surface area contributed by atoms with Crippen molar-refractivity contribution in [2.24, 2.45) is 10.9 Å². The summed E-state index contributed by atoms with van der Waals surface area (Å²) in [6, 6.07) is 5.34. The summed E-state index contributed by atoms with van der Waals surface area (Å²) in [4.78, 5) is 2.20. The molecular formula is C14H23FN4O. The van der Waals surface area contributed by atoms with Crippen LogP contribution >= 0.6 is 0 Å². The minimum absolute atomic E-state index is 0.117. The van der Waals surface area contributed by atoms with E-state index in [0.717, 1.165) is 13.1 Å². The molecule has 0 aliphatic heterocycles. The molecule has 0 atom stereocenters. The monoisotopic (exact) mass is 282 g/mol. The number of oxime groups is 1. The number of benzene rings is 1. The lowest BCUT2D eigenvalue weighted by atomic mass is 10.1. The Labute approximate surface area is 119 Å². The zero-order valence-corrected chi connectivity index (χ0v) is 12.2. The highest BCUT2D eigenvalue weighted by molar-refractivity contribution is 5.97. The number of nitrogens with two attached hydrogens (primary N) is 1. The first-order chi connectivity index (χ1) is 9.47. The van der Waals surface area contributed by atoms with E-state index in [4.69, 9.17) is 10.9 Å². The van der Waals surface area contributed by atoms with Gasteiger partial charge in [0, 0.05) is 31.2 Å². The highest BCUT2D eigenvalue weighted by atomic mass is 19.1. The van der Waals surface area contributed by atoms with Gasteiger partial charge < -0.3 is 21.2 Å². The molecule has 0 saturated carbocycles. The quantitative estimate of drug-likeness (QED) is 0.232. The fourth-order valence-electron chi connectivity index (χ4n) is 1.70. The van der Waals surface area contributed by atoms with Gasteiger partial charge >= 0.3 is 0 Å². The van der Waals surface area contributed by atoms with Crippen molar-refractivity contribution in [3.05, 3.63) is 35.1 Å². The van der Waals surface area contributed by atoms with Crippen molar-refractivity contribution >= 4 is 5.84 Å². The predicted molar refractivity (Wildman–Crippen MR) is 78.4 cm³/mol. The Morgan fingerprint density at radius 2 is 2.20 bits per heavy atom. The first-order valence-corrected chi connectivity index (χ1v) is 6.63. The third-order valence-electron chi connectivity index (χ3n) is 3.30. The molecule has 0 unspecified atom stereocenters. The van der Waals surface area contributed by atoms with E-state index in [1.165, 1.54) is 6.07 Å². The highest BCUT2D eigenvalue weighted by Crippen LogP contribution is 2.12. The van der Waals surface area contributed by atoms with E-state index in [0.29, 0.717) is 18.2 Å². The van der Waals surface area contributed by atoms with Crippen molar-refractivity contribution in [3.63, 3.8) is 0 Å². The number of hydrogen-bond donors (Lipinski definition) is 3. The van der Waals surface area contributed by atoms with Gasteiger partial charge in [0.2, 0.25) is 0 Å². The molecule has 1 rings (SSSR count). The van der Waals surface area contributed by atoms with E-state index in [2.05, 4.69) is 29.2 Å². The first-order valence-electron chi connectivity index (χ1n) is 6.63. The lowest BCUT2D eigenvalue weighted by molar-refractivity contribution is 0.273. The molecule has 1 aromatic rings. The molecule has 0 aliphatic carbocycles. The molecule has 0 aliphatic rings. The van der Waals surface area contributed by atoms with Gasteiger partial charge in [-0.15, -0.1) is 0 Å². The molecule has 0 aromatic heterocycles. The molecule has 0 heterocycles. The summed E-state index contributed by atoms with van der Waals surface area (Å²) in [7, 11) is 2.05. The number of rotatable bonds is 7. The number of nitrogens with one attached hydrogen (secondary N) is 1. The van der Waals surface area contributed by atoms with Gasteiger partial charge in [-0.1, -0.05) is 17.3 Å². The van der Waals surface area contributed by atoms with Crippen molar-refractivity contribution in [1.29, 1.82) is 0 Å². The van der Waals surface area contributed by atoms with Crippen molar-refractivity contribution < 1.29 is 9.60 Å². The van der Waals surface area contributed by atoms with Crippen LogP contribution in [0, 0.1) is 5.82 Å². The second-order valence-electron chi connectivity index (χ2n) is 5.02. The molecule has 1 aromatic carbocycles. The van der Waals surface area contributed by atoms with Crippen LogP contribution in [0.2, 0.25) is 0 Å². The summed E-state index contributed by atoms with van der Waals surface area (Å²) >= 11 is 0. The third kappa shape index (κ3) is 4.47. The van der Waals surface area contributed by atoms with Crippen LogP contribution in [-0.4, -0.2) is 42.1 Å². The van der Waals surface area contributed by atoms with Gasteiger partial charge in [0.1, 0.15) is 5.82 Å².